The third kappa shape index (κ3) is 6.82. The first-order valence-electron chi connectivity index (χ1n) is 23.5. The molecular formula is C60H41IrN3S-2. The van der Waals surface area contributed by atoms with Gasteiger partial charge in [0.1, 0.15) is 0 Å². The molecule has 3 nitrogen and oxygen atoms in total. The molecule has 0 amide bonds. The van der Waals surface area contributed by atoms with Crippen molar-refractivity contribution in [3.8, 4) is 22.6 Å². The minimum Gasteiger partial charge on any atom is -0.332 e. The molecule has 0 N–H and O–H groups in total. The molecule has 4 heterocycles. The number of benzene rings is 9. The Kier molecular flexibility index (Phi) is 9.24. The second kappa shape index (κ2) is 16.5. The molecule has 0 unspecified atom stereocenters. The first-order valence-corrected chi connectivity index (χ1v) is 22.3. The van der Waals surface area contributed by atoms with Gasteiger partial charge in [0.2, 0.25) is 0 Å². The van der Waals surface area contributed by atoms with Crippen molar-refractivity contribution in [3.05, 3.63) is 211 Å². The summed E-state index contributed by atoms with van der Waals surface area (Å²) in [6.07, 6.45) is 1.36. The van der Waals surface area contributed by atoms with E-state index >= 15 is 0 Å². The molecule has 13 aromatic rings. The summed E-state index contributed by atoms with van der Waals surface area (Å²) in [7, 11) is 0. The number of fused-ring (bicyclic) bond motifs is 13. The normalized spacial score (nSPS) is 12.9. The summed E-state index contributed by atoms with van der Waals surface area (Å²) in [5.41, 5.74) is 6.26. The third-order valence-electron chi connectivity index (χ3n) is 12.5. The van der Waals surface area contributed by atoms with E-state index in [4.69, 9.17) is 10.5 Å². The monoisotopic (exact) mass is 1030 g/mol. The van der Waals surface area contributed by atoms with Crippen molar-refractivity contribution in [3.63, 3.8) is 0 Å². The molecular weight excluding hydrogens is 987 g/mol. The molecule has 0 aliphatic rings. The average molecular weight is 1030 g/mol. The maximum absolute atomic E-state index is 8.16. The van der Waals surface area contributed by atoms with Crippen LogP contribution in [0.2, 0.25) is 0 Å². The molecule has 0 aliphatic heterocycles. The Morgan fingerprint density at radius 1 is 0.585 bits per heavy atom. The average Bonchev–Trinajstić information content (AvgIpc) is 3.94. The zero-order valence-corrected chi connectivity index (χ0v) is 38.7. The summed E-state index contributed by atoms with van der Waals surface area (Å²) in [6, 6.07) is 70.9. The van der Waals surface area contributed by atoms with Crippen molar-refractivity contribution in [2.45, 2.75) is 26.6 Å². The maximum Gasteiger partial charge on any atom is 0.0780 e. The van der Waals surface area contributed by atoms with Crippen LogP contribution < -0.4 is 0 Å². The molecule has 5 heteroatoms. The van der Waals surface area contributed by atoms with Gasteiger partial charge in [0, 0.05) is 52.8 Å². The molecule has 0 atom stereocenters. The number of hydrogen-bond donors (Lipinski definition) is 0. The third-order valence-corrected chi connectivity index (χ3v) is 13.7. The van der Waals surface area contributed by atoms with Gasteiger partial charge in [0.25, 0.3) is 0 Å². The van der Waals surface area contributed by atoms with Crippen LogP contribution in [0.15, 0.2) is 188 Å². The van der Waals surface area contributed by atoms with E-state index in [9.17, 15) is 0 Å². The van der Waals surface area contributed by atoms with Crippen LogP contribution >= 0.6 is 11.3 Å². The van der Waals surface area contributed by atoms with E-state index < -0.39 is 12.7 Å². The number of para-hydroxylation sites is 2. The van der Waals surface area contributed by atoms with Gasteiger partial charge in [0.05, 0.1) is 16.9 Å². The van der Waals surface area contributed by atoms with Crippen LogP contribution in [0.1, 0.15) is 36.4 Å². The fourth-order valence-electron chi connectivity index (χ4n) is 9.53. The summed E-state index contributed by atoms with van der Waals surface area (Å²) >= 11 is 1.85. The Morgan fingerprint density at radius 2 is 1.26 bits per heavy atom. The maximum atomic E-state index is 8.16. The van der Waals surface area contributed by atoms with E-state index in [0.717, 1.165) is 33.5 Å². The molecule has 0 saturated carbocycles. The van der Waals surface area contributed by atoms with Crippen LogP contribution in [0, 0.1) is 19.0 Å². The van der Waals surface area contributed by atoms with Gasteiger partial charge in [0.15, 0.2) is 0 Å². The van der Waals surface area contributed by atoms with Crippen LogP contribution in [-0.4, -0.2) is 14.4 Å². The second-order valence-corrected chi connectivity index (χ2v) is 17.5. The molecule has 0 aliphatic carbocycles. The van der Waals surface area contributed by atoms with Crippen LogP contribution in [0.3, 0.4) is 0 Å². The van der Waals surface area contributed by atoms with Crippen LogP contribution in [0.5, 0.6) is 0 Å². The van der Waals surface area contributed by atoms with E-state index in [1.165, 1.54) is 80.2 Å². The molecule has 1 radical (unpaired) electrons. The van der Waals surface area contributed by atoms with Gasteiger partial charge in [-0.2, -0.15) is 11.3 Å². The molecule has 9 aromatic carbocycles. The molecule has 0 spiro atoms. The molecule has 0 bridgehead atoms. The summed E-state index contributed by atoms with van der Waals surface area (Å²) < 4.78 is 35.8. The molecule has 313 valence electrons. The predicted molar refractivity (Wildman–Crippen MR) is 274 cm³/mol. The summed E-state index contributed by atoms with van der Waals surface area (Å²) in [4.78, 5) is 9.67. The number of nitrogens with zero attached hydrogens (tertiary/aromatic N) is 3. The largest absolute Gasteiger partial charge is 0.332 e. The van der Waals surface area contributed by atoms with Gasteiger partial charge in [-0.15, -0.1) is 54.1 Å². The number of hydrogen-bond acceptors (Lipinski definition) is 3. The van der Waals surface area contributed by atoms with Crippen molar-refractivity contribution >= 4 is 102 Å². The van der Waals surface area contributed by atoms with Gasteiger partial charge in [-0.25, -0.2) is 0 Å². The van der Waals surface area contributed by atoms with Crippen LogP contribution in [0.4, 0.5) is 0 Å². The van der Waals surface area contributed by atoms with Crippen molar-refractivity contribution in [2.24, 2.45) is 0 Å². The number of thiophene rings is 1. The summed E-state index contributed by atoms with van der Waals surface area (Å²) in [5, 5.41) is 14.9. The van der Waals surface area contributed by atoms with Crippen molar-refractivity contribution < 1.29 is 25.6 Å². The summed E-state index contributed by atoms with van der Waals surface area (Å²) in [6.45, 7) is 1.09. The minimum absolute atomic E-state index is 0. The second-order valence-electron chi connectivity index (χ2n) is 16.5. The Labute approximate surface area is 400 Å². The van der Waals surface area contributed by atoms with Gasteiger partial charge in [-0.3, -0.25) is 4.98 Å². The zero-order valence-electron chi connectivity index (χ0n) is 39.5. The first-order chi connectivity index (χ1) is 33.0. The molecule has 4 aromatic heterocycles. The van der Waals surface area contributed by atoms with E-state index in [2.05, 4.69) is 173 Å². The number of aromatic nitrogens is 3. The van der Waals surface area contributed by atoms with Crippen molar-refractivity contribution in [1.82, 2.24) is 14.4 Å². The number of imidazole rings is 1. The standard InChI is InChI=1S/C45H25N2S.C15H16N.Ir/c1-2-12-29-27(11-1)23-24-28-25-39-36-19-9-20-37(44(36)48-42(39)26-38(28)29)45-46-40-21-10-18-35-33-16-6-4-14-31(33)30-13-3-5-15-32(30)34-17-7-8-22-41(34)47(45)43(35)40;1-11(2)14-9-15(16-10-12(14)3)13-7-5-4-6-8-13;/h1-19,21-26H;4-7,9-11H,1-3H3;/q2*-1;/i;3D3,11D;. The van der Waals surface area contributed by atoms with E-state index in [-0.39, 0.29) is 25.7 Å². The number of pyridine rings is 1. The van der Waals surface area contributed by atoms with E-state index in [0.29, 0.717) is 11.3 Å². The smallest absolute Gasteiger partial charge is 0.0780 e. The van der Waals surface area contributed by atoms with Gasteiger partial charge < -0.3 is 9.38 Å². The molecule has 13 rings (SSSR count). The number of aryl methyl sites for hydroxylation is 1. The topological polar surface area (TPSA) is 30.2 Å². The minimum atomic E-state index is -2.26. The first kappa shape index (κ1) is 36.3. The van der Waals surface area contributed by atoms with E-state index in [1.54, 1.807) is 26.0 Å². The Morgan fingerprint density at radius 3 is 2.02 bits per heavy atom. The zero-order chi connectivity index (χ0) is 46.3. The Bertz CT molecular complexity index is 4190. The quantitative estimate of drug-likeness (QED) is 0.130. The van der Waals surface area contributed by atoms with Gasteiger partial charge in [-0.1, -0.05) is 146 Å². The van der Waals surface area contributed by atoms with Crippen LogP contribution in [0.25, 0.3) is 113 Å². The van der Waals surface area contributed by atoms with Crippen molar-refractivity contribution in [1.29, 1.82) is 0 Å². The Hall–Kier alpha value is -7.01. The molecule has 65 heavy (non-hydrogen) atoms. The molecule has 0 fully saturated rings. The number of rotatable bonds is 3. The van der Waals surface area contributed by atoms with E-state index in [1.807, 2.05) is 29.5 Å². The van der Waals surface area contributed by atoms with Gasteiger partial charge >= 0.3 is 0 Å². The predicted octanol–water partition coefficient (Wildman–Crippen LogP) is 16.6. The van der Waals surface area contributed by atoms with Crippen LogP contribution in [-0.2, 0) is 20.1 Å². The fraction of sp³-hybridized carbons (Fsp3) is 0.0667. The van der Waals surface area contributed by atoms with Gasteiger partial charge in [-0.05, 0) is 107 Å². The fourth-order valence-corrected chi connectivity index (χ4v) is 10.7. The Balaban J connectivity index is 0.000000210. The SMILES string of the molecule is [2H]C([2H])([2H])c1cnc(-c2[c-]cccc2)cc1C([2H])(C)C.[Ir].[c-]1ccc2c(sc3cc4c(ccc5ccccc54)cc32)c1-c1nc2cccc3c4ccccc4c4ccccc4c4ccccc4n1c23. The molecule has 0 saturated heterocycles. The van der Waals surface area contributed by atoms with Crippen molar-refractivity contribution in [2.75, 3.05) is 0 Å². The summed E-state index contributed by atoms with van der Waals surface area (Å²) in [5.74, 6) is -0.0927.